The highest BCUT2D eigenvalue weighted by molar-refractivity contribution is 7.99. The normalized spacial score (nSPS) is 22.8. The van der Waals surface area contributed by atoms with E-state index in [0.717, 1.165) is 32.2 Å². The quantitative estimate of drug-likeness (QED) is 0.696. The number of nitrogens with one attached hydrogen (secondary N) is 2. The van der Waals surface area contributed by atoms with Gasteiger partial charge >= 0.3 is 0 Å². The molecule has 2 atom stereocenters. The molecule has 120 valence electrons. The summed E-state index contributed by atoms with van der Waals surface area (Å²) in [6.45, 7) is 1.60. The van der Waals surface area contributed by atoms with Crippen LogP contribution in [0.4, 0.5) is 0 Å². The van der Waals surface area contributed by atoms with Crippen molar-refractivity contribution in [2.45, 2.75) is 48.4 Å². The zero-order chi connectivity index (χ0) is 15.3. The average molecular weight is 332 g/mol. The van der Waals surface area contributed by atoms with Crippen LogP contribution in [-0.2, 0) is 16.6 Å². The molecule has 1 fully saturated rings. The molecule has 1 aromatic heterocycles. The third-order valence-corrected chi connectivity index (χ3v) is 6.41. The summed E-state index contributed by atoms with van der Waals surface area (Å²) < 4.78 is 29.3. The number of hydrogen-bond donors (Lipinski definition) is 2. The Morgan fingerprint density at radius 2 is 2.29 bits per heavy atom. The van der Waals surface area contributed by atoms with Gasteiger partial charge in [-0.1, -0.05) is 6.42 Å². The molecular weight excluding hydrogens is 308 g/mol. The predicted octanol–water partition coefficient (Wildman–Crippen LogP) is 1.06. The Kier molecular flexibility index (Phi) is 6.09. The average Bonchev–Trinajstić information content (AvgIpc) is 3.08. The molecule has 2 N–H and O–H groups in total. The highest BCUT2D eigenvalue weighted by atomic mass is 32.2. The van der Waals surface area contributed by atoms with Crippen molar-refractivity contribution in [3.63, 3.8) is 0 Å². The van der Waals surface area contributed by atoms with Crippen molar-refractivity contribution in [1.82, 2.24) is 19.8 Å². The molecule has 1 heterocycles. The highest BCUT2D eigenvalue weighted by Gasteiger charge is 2.31. The van der Waals surface area contributed by atoms with Gasteiger partial charge < -0.3 is 5.32 Å². The molecule has 0 amide bonds. The van der Waals surface area contributed by atoms with E-state index in [9.17, 15) is 8.42 Å². The van der Waals surface area contributed by atoms with E-state index in [2.05, 4.69) is 15.1 Å². The maximum absolute atomic E-state index is 12.4. The van der Waals surface area contributed by atoms with Crippen LogP contribution >= 0.6 is 11.8 Å². The molecule has 21 heavy (non-hydrogen) atoms. The van der Waals surface area contributed by atoms with Crippen LogP contribution in [-0.4, -0.2) is 49.3 Å². The molecule has 1 aliphatic rings. The fourth-order valence-corrected chi connectivity index (χ4v) is 4.92. The van der Waals surface area contributed by atoms with Crippen molar-refractivity contribution in [1.29, 1.82) is 0 Å². The molecule has 1 aromatic rings. The molecule has 2 unspecified atom stereocenters. The molecular formula is C13H24N4O2S2. The van der Waals surface area contributed by atoms with Gasteiger partial charge in [-0.05, 0) is 39.1 Å². The lowest BCUT2D eigenvalue weighted by Gasteiger charge is -2.18. The Labute approximate surface area is 131 Å². The van der Waals surface area contributed by atoms with Gasteiger partial charge in [-0.3, -0.25) is 4.68 Å². The summed E-state index contributed by atoms with van der Waals surface area (Å²) in [7, 11) is -1.56. The minimum Gasteiger partial charge on any atom is -0.320 e. The van der Waals surface area contributed by atoms with Crippen molar-refractivity contribution in [2.75, 3.05) is 19.8 Å². The predicted molar refractivity (Wildman–Crippen MR) is 86.0 cm³/mol. The second-order valence-electron chi connectivity index (χ2n) is 5.33. The van der Waals surface area contributed by atoms with Gasteiger partial charge in [0.15, 0.2) is 0 Å². The SMILES string of the molecule is CNCCCn1cc(S(=O)(=O)NC2CCCC2SC)cn1. The fourth-order valence-electron chi connectivity index (χ4n) is 2.63. The second-order valence-corrected chi connectivity index (χ2v) is 8.12. The molecule has 0 radical (unpaired) electrons. The molecule has 0 aromatic carbocycles. The van der Waals surface area contributed by atoms with Crippen molar-refractivity contribution in [3.8, 4) is 0 Å². The third kappa shape index (κ3) is 4.45. The second kappa shape index (κ2) is 7.62. The Balaban J connectivity index is 1.99. The van der Waals surface area contributed by atoms with E-state index >= 15 is 0 Å². The van der Waals surface area contributed by atoms with Crippen LogP contribution in [0.25, 0.3) is 0 Å². The van der Waals surface area contributed by atoms with E-state index in [4.69, 9.17) is 0 Å². The molecule has 0 saturated heterocycles. The van der Waals surface area contributed by atoms with Crippen molar-refractivity contribution < 1.29 is 8.42 Å². The molecule has 0 bridgehead atoms. The summed E-state index contributed by atoms with van der Waals surface area (Å²) in [5.74, 6) is 0. The largest absolute Gasteiger partial charge is 0.320 e. The number of sulfonamides is 1. The Bertz CT molecular complexity index is 544. The molecule has 1 saturated carbocycles. The first-order chi connectivity index (χ1) is 10.1. The number of nitrogens with zero attached hydrogens (tertiary/aromatic N) is 2. The molecule has 0 spiro atoms. The minimum absolute atomic E-state index is 0.0395. The molecule has 6 nitrogen and oxygen atoms in total. The smallest absolute Gasteiger partial charge is 0.243 e. The van der Waals surface area contributed by atoms with Gasteiger partial charge in [0.1, 0.15) is 4.90 Å². The van der Waals surface area contributed by atoms with Gasteiger partial charge in [0, 0.05) is 24.0 Å². The molecule has 0 aliphatic heterocycles. The lowest BCUT2D eigenvalue weighted by atomic mass is 10.3. The summed E-state index contributed by atoms with van der Waals surface area (Å²) in [6, 6.07) is 0.0395. The number of rotatable bonds is 8. The number of hydrogen-bond acceptors (Lipinski definition) is 5. The lowest BCUT2D eigenvalue weighted by molar-refractivity contribution is 0.551. The number of aryl methyl sites for hydroxylation is 1. The van der Waals surface area contributed by atoms with E-state index in [0.29, 0.717) is 11.8 Å². The van der Waals surface area contributed by atoms with E-state index in [1.807, 2.05) is 13.3 Å². The maximum atomic E-state index is 12.4. The third-order valence-electron chi connectivity index (χ3n) is 3.80. The van der Waals surface area contributed by atoms with Crippen LogP contribution in [0.5, 0.6) is 0 Å². The summed E-state index contributed by atoms with van der Waals surface area (Å²) in [5.41, 5.74) is 0. The first-order valence-corrected chi connectivity index (χ1v) is 10.1. The van der Waals surface area contributed by atoms with Gasteiger partial charge in [-0.15, -0.1) is 0 Å². The van der Waals surface area contributed by atoms with Crippen LogP contribution in [0.2, 0.25) is 0 Å². The van der Waals surface area contributed by atoms with E-state index in [1.54, 1.807) is 22.6 Å². The maximum Gasteiger partial charge on any atom is 0.243 e. The van der Waals surface area contributed by atoms with E-state index < -0.39 is 10.0 Å². The van der Waals surface area contributed by atoms with E-state index in [-0.39, 0.29) is 10.9 Å². The highest BCUT2D eigenvalue weighted by Crippen LogP contribution is 2.29. The van der Waals surface area contributed by atoms with Crippen molar-refractivity contribution in [3.05, 3.63) is 12.4 Å². The van der Waals surface area contributed by atoms with Crippen LogP contribution in [0.3, 0.4) is 0 Å². The molecule has 1 aliphatic carbocycles. The Hall–Kier alpha value is -0.570. The topological polar surface area (TPSA) is 76.0 Å². The summed E-state index contributed by atoms with van der Waals surface area (Å²) >= 11 is 1.74. The van der Waals surface area contributed by atoms with Crippen molar-refractivity contribution >= 4 is 21.8 Å². The summed E-state index contributed by atoms with van der Waals surface area (Å²) in [5, 5.41) is 7.57. The Morgan fingerprint density at radius 3 is 3.00 bits per heavy atom. The fraction of sp³-hybridized carbons (Fsp3) is 0.769. The van der Waals surface area contributed by atoms with Gasteiger partial charge in [0.05, 0.1) is 6.20 Å². The number of thioether (sulfide) groups is 1. The standard InChI is InChI=1S/C13H24N4O2S2/c1-14-7-4-8-17-10-11(9-15-17)21(18,19)16-12-5-3-6-13(12)20-2/h9-10,12-14,16H,3-8H2,1-2H3. The summed E-state index contributed by atoms with van der Waals surface area (Å²) in [4.78, 5) is 0.263. The number of aromatic nitrogens is 2. The van der Waals surface area contributed by atoms with Crippen LogP contribution in [0.1, 0.15) is 25.7 Å². The van der Waals surface area contributed by atoms with Crippen LogP contribution in [0.15, 0.2) is 17.3 Å². The zero-order valence-electron chi connectivity index (χ0n) is 12.6. The first kappa shape index (κ1) is 16.8. The Morgan fingerprint density at radius 1 is 1.48 bits per heavy atom. The van der Waals surface area contributed by atoms with Crippen molar-refractivity contribution in [2.24, 2.45) is 0 Å². The van der Waals surface area contributed by atoms with Crippen LogP contribution in [0, 0.1) is 0 Å². The van der Waals surface area contributed by atoms with Gasteiger partial charge in [-0.25, -0.2) is 13.1 Å². The minimum atomic E-state index is -3.46. The summed E-state index contributed by atoms with van der Waals surface area (Å²) in [6.07, 6.45) is 9.09. The van der Waals surface area contributed by atoms with Gasteiger partial charge in [0.25, 0.3) is 0 Å². The van der Waals surface area contributed by atoms with E-state index in [1.165, 1.54) is 6.20 Å². The first-order valence-electron chi connectivity index (χ1n) is 7.29. The van der Waals surface area contributed by atoms with Crippen LogP contribution < -0.4 is 10.0 Å². The van der Waals surface area contributed by atoms with Gasteiger partial charge in [-0.2, -0.15) is 16.9 Å². The molecule has 2 rings (SSSR count). The monoisotopic (exact) mass is 332 g/mol. The lowest BCUT2D eigenvalue weighted by Crippen LogP contribution is -2.38. The zero-order valence-corrected chi connectivity index (χ0v) is 14.2. The molecule has 8 heteroatoms. The van der Waals surface area contributed by atoms with Gasteiger partial charge in [0.2, 0.25) is 10.0 Å².